The summed E-state index contributed by atoms with van der Waals surface area (Å²) in [5, 5.41) is 5.76. The number of nitrogens with two attached hydrogens (primary N) is 1. The maximum Gasteiger partial charge on any atom is 0.573 e. The van der Waals surface area contributed by atoms with Crippen molar-refractivity contribution in [1.82, 2.24) is 9.91 Å². The zero-order valence-corrected chi connectivity index (χ0v) is 15.5. The largest absolute Gasteiger partial charge is 0.573 e. The van der Waals surface area contributed by atoms with Gasteiger partial charge in [0.25, 0.3) is 0 Å². The summed E-state index contributed by atoms with van der Waals surface area (Å²) < 4.78 is 46.5. The van der Waals surface area contributed by atoms with Crippen LogP contribution in [-0.4, -0.2) is 54.8 Å². The van der Waals surface area contributed by atoms with Crippen molar-refractivity contribution in [2.24, 2.45) is 10.8 Å². The number of nitrogens with zero attached hydrogens (tertiary/aromatic N) is 3. The van der Waals surface area contributed by atoms with E-state index in [2.05, 4.69) is 9.84 Å². The molecule has 0 amide bonds. The molecule has 1 aromatic heterocycles. The summed E-state index contributed by atoms with van der Waals surface area (Å²) >= 11 is 4.96. The van der Waals surface area contributed by atoms with Gasteiger partial charge >= 0.3 is 6.36 Å². The van der Waals surface area contributed by atoms with Crippen LogP contribution in [0.5, 0.6) is 5.75 Å². The molecule has 0 saturated carbocycles. The Bertz CT molecular complexity index is 805. The molecule has 2 aromatic rings. The smallest absolute Gasteiger partial charge is 0.455 e. The van der Waals surface area contributed by atoms with Gasteiger partial charge in [-0.2, -0.15) is 5.10 Å². The molecular formula is C17H19F3N4O2S. The van der Waals surface area contributed by atoms with E-state index in [9.17, 15) is 13.2 Å². The Morgan fingerprint density at radius 3 is 2.63 bits per heavy atom. The van der Waals surface area contributed by atoms with Crippen LogP contribution in [0.3, 0.4) is 0 Å². The van der Waals surface area contributed by atoms with E-state index in [1.807, 2.05) is 19.0 Å². The van der Waals surface area contributed by atoms with Crippen molar-refractivity contribution < 1.29 is 22.3 Å². The number of hydrazone groups is 1. The second-order valence-corrected chi connectivity index (χ2v) is 6.21. The second kappa shape index (κ2) is 8.87. The lowest BCUT2D eigenvalue weighted by Gasteiger charge is -2.18. The fourth-order valence-corrected chi connectivity index (χ4v) is 2.21. The van der Waals surface area contributed by atoms with Crippen molar-refractivity contribution in [3.8, 4) is 17.1 Å². The minimum absolute atomic E-state index is 0.122. The fourth-order valence-electron chi connectivity index (χ4n) is 2.07. The minimum atomic E-state index is -4.75. The molecule has 0 fully saturated rings. The lowest BCUT2D eigenvalue weighted by atomic mass is 10.2. The Morgan fingerprint density at radius 2 is 2.00 bits per heavy atom. The van der Waals surface area contributed by atoms with Crippen LogP contribution in [0.25, 0.3) is 11.3 Å². The summed E-state index contributed by atoms with van der Waals surface area (Å²) in [6.45, 7) is 1.20. The first-order chi connectivity index (χ1) is 12.6. The van der Waals surface area contributed by atoms with Crippen molar-refractivity contribution >= 4 is 23.5 Å². The molecule has 146 valence electrons. The molecule has 0 atom stereocenters. The second-order valence-electron chi connectivity index (χ2n) is 5.79. The van der Waals surface area contributed by atoms with Gasteiger partial charge in [-0.05, 0) is 50.6 Å². The highest BCUT2D eigenvalue weighted by Crippen LogP contribution is 2.28. The molecule has 0 saturated heterocycles. The Labute approximate surface area is 160 Å². The van der Waals surface area contributed by atoms with Crippen LogP contribution in [0.2, 0.25) is 0 Å². The van der Waals surface area contributed by atoms with Gasteiger partial charge in [0, 0.05) is 12.1 Å². The van der Waals surface area contributed by atoms with Gasteiger partial charge in [0.2, 0.25) is 0 Å². The van der Waals surface area contributed by atoms with Crippen molar-refractivity contribution in [1.29, 1.82) is 0 Å². The molecule has 10 heteroatoms. The van der Waals surface area contributed by atoms with Gasteiger partial charge < -0.3 is 19.8 Å². The van der Waals surface area contributed by atoms with E-state index in [-0.39, 0.29) is 10.9 Å². The first kappa shape index (κ1) is 20.7. The standard InChI is InChI=1S/C17H19F3N4O2S/c1-23(2)8-9-24(16(21)27)22-11-14-6-7-15(25-14)12-4-3-5-13(10-12)26-17(18,19)20/h3-7,10-11H,8-9H2,1-2H3,(H2,21,27)/b22-11+. The first-order valence-corrected chi connectivity index (χ1v) is 8.26. The highest BCUT2D eigenvalue weighted by Gasteiger charge is 2.31. The van der Waals surface area contributed by atoms with E-state index in [1.165, 1.54) is 29.4 Å². The van der Waals surface area contributed by atoms with Crippen LogP contribution in [0.4, 0.5) is 13.2 Å². The third kappa shape index (κ3) is 6.91. The lowest BCUT2D eigenvalue weighted by molar-refractivity contribution is -0.274. The fraction of sp³-hybridized carbons (Fsp3) is 0.294. The molecule has 0 radical (unpaired) electrons. The van der Waals surface area contributed by atoms with Gasteiger partial charge in [-0.15, -0.1) is 13.2 Å². The SMILES string of the molecule is CN(C)CCN(/N=C/c1ccc(-c2cccc(OC(F)(F)F)c2)o1)C(N)=S. The zero-order chi connectivity index (χ0) is 20.0. The number of furan rings is 1. The maximum atomic E-state index is 12.3. The van der Waals surface area contributed by atoms with Gasteiger partial charge in [-0.3, -0.25) is 0 Å². The van der Waals surface area contributed by atoms with Crippen molar-refractivity contribution in [3.63, 3.8) is 0 Å². The number of thiocarbonyl (C=S) groups is 1. The molecule has 0 bridgehead atoms. The average molecular weight is 400 g/mol. The Balaban J connectivity index is 2.12. The van der Waals surface area contributed by atoms with E-state index in [1.54, 1.807) is 18.2 Å². The van der Waals surface area contributed by atoms with Crippen LogP contribution >= 0.6 is 12.2 Å². The maximum absolute atomic E-state index is 12.3. The summed E-state index contributed by atoms with van der Waals surface area (Å²) in [4.78, 5) is 1.96. The summed E-state index contributed by atoms with van der Waals surface area (Å²) in [5.74, 6) is 0.451. The van der Waals surface area contributed by atoms with Gasteiger partial charge in [-0.25, -0.2) is 5.01 Å². The molecule has 1 heterocycles. The van der Waals surface area contributed by atoms with E-state index < -0.39 is 6.36 Å². The molecule has 0 aliphatic carbocycles. The average Bonchev–Trinajstić information content (AvgIpc) is 3.02. The minimum Gasteiger partial charge on any atom is -0.455 e. The molecular weight excluding hydrogens is 381 g/mol. The van der Waals surface area contributed by atoms with Gasteiger partial charge in [-0.1, -0.05) is 12.1 Å². The van der Waals surface area contributed by atoms with Gasteiger partial charge in [0.05, 0.1) is 12.8 Å². The topological polar surface area (TPSA) is 67.2 Å². The highest BCUT2D eigenvalue weighted by molar-refractivity contribution is 7.80. The van der Waals surface area contributed by atoms with E-state index >= 15 is 0 Å². The lowest BCUT2D eigenvalue weighted by Crippen LogP contribution is -2.36. The first-order valence-electron chi connectivity index (χ1n) is 7.86. The number of likely N-dealkylation sites (N-methyl/N-ethyl adjacent to an activating group) is 1. The molecule has 0 spiro atoms. The van der Waals surface area contributed by atoms with Crippen LogP contribution < -0.4 is 10.5 Å². The monoisotopic (exact) mass is 400 g/mol. The van der Waals surface area contributed by atoms with Gasteiger partial charge in [0.1, 0.15) is 17.3 Å². The number of ether oxygens (including phenoxy) is 1. The predicted octanol–water partition coefficient (Wildman–Crippen LogP) is 3.29. The molecule has 27 heavy (non-hydrogen) atoms. The number of halogens is 3. The van der Waals surface area contributed by atoms with E-state index in [0.717, 1.165) is 0 Å². The van der Waals surface area contributed by atoms with Crippen molar-refractivity contribution in [2.45, 2.75) is 6.36 Å². The Kier molecular flexibility index (Phi) is 6.81. The molecule has 0 aliphatic rings. The summed E-state index contributed by atoms with van der Waals surface area (Å²) in [6, 6.07) is 8.78. The van der Waals surface area contributed by atoms with Gasteiger partial charge in [0.15, 0.2) is 5.11 Å². The number of rotatable bonds is 7. The molecule has 6 nitrogen and oxygen atoms in total. The molecule has 0 aliphatic heterocycles. The third-order valence-electron chi connectivity index (χ3n) is 3.32. The Morgan fingerprint density at radius 1 is 1.26 bits per heavy atom. The molecule has 0 unspecified atom stereocenters. The third-order valence-corrected chi connectivity index (χ3v) is 3.53. The van der Waals surface area contributed by atoms with Crippen molar-refractivity contribution in [2.75, 3.05) is 27.2 Å². The number of alkyl halides is 3. The Hall–Kier alpha value is -2.59. The number of hydrogen-bond acceptors (Lipinski definition) is 5. The normalized spacial score (nSPS) is 11.9. The summed E-state index contributed by atoms with van der Waals surface area (Å²) in [6.07, 6.45) is -3.31. The summed E-state index contributed by atoms with van der Waals surface area (Å²) in [7, 11) is 3.83. The number of benzene rings is 1. The predicted molar refractivity (Wildman–Crippen MR) is 100 cm³/mol. The zero-order valence-electron chi connectivity index (χ0n) is 14.7. The van der Waals surface area contributed by atoms with E-state index in [4.69, 9.17) is 22.4 Å². The molecule has 1 aromatic carbocycles. The van der Waals surface area contributed by atoms with E-state index in [0.29, 0.717) is 30.2 Å². The van der Waals surface area contributed by atoms with Crippen LogP contribution in [0, 0.1) is 0 Å². The van der Waals surface area contributed by atoms with Crippen LogP contribution in [0.15, 0.2) is 45.9 Å². The summed E-state index contributed by atoms with van der Waals surface area (Å²) in [5.41, 5.74) is 6.08. The van der Waals surface area contributed by atoms with Crippen LogP contribution in [-0.2, 0) is 0 Å². The molecule has 2 N–H and O–H groups in total. The number of hydrogen-bond donors (Lipinski definition) is 1. The quantitative estimate of drug-likeness (QED) is 0.437. The van der Waals surface area contributed by atoms with Crippen molar-refractivity contribution in [3.05, 3.63) is 42.2 Å². The van der Waals surface area contributed by atoms with Crippen LogP contribution in [0.1, 0.15) is 5.76 Å². The molecule has 2 rings (SSSR count). The highest BCUT2D eigenvalue weighted by atomic mass is 32.1.